The van der Waals surface area contributed by atoms with Crippen molar-refractivity contribution in [1.82, 2.24) is 0 Å². The maximum atomic E-state index is 11.4. The van der Waals surface area contributed by atoms with Crippen molar-refractivity contribution in [3.05, 3.63) is 0 Å². The summed E-state index contributed by atoms with van der Waals surface area (Å²) < 4.78 is 19.9. The van der Waals surface area contributed by atoms with Crippen LogP contribution in [0.3, 0.4) is 0 Å². The Bertz CT molecular complexity index is 290. The molecule has 1 unspecified atom stereocenters. The van der Waals surface area contributed by atoms with Gasteiger partial charge in [-0.25, -0.2) is 9.59 Å². The molecule has 0 N–H and O–H groups in total. The van der Waals surface area contributed by atoms with E-state index < -0.39 is 12.3 Å². The molecule has 0 saturated heterocycles. The van der Waals surface area contributed by atoms with Crippen molar-refractivity contribution in [3.63, 3.8) is 0 Å². The summed E-state index contributed by atoms with van der Waals surface area (Å²) in [6, 6.07) is 0. The van der Waals surface area contributed by atoms with Gasteiger partial charge in [-0.05, 0) is 39.5 Å². The van der Waals surface area contributed by atoms with Crippen LogP contribution in [0.1, 0.15) is 59.8 Å². The molecule has 0 aliphatic carbocycles. The van der Waals surface area contributed by atoms with E-state index in [1.54, 1.807) is 13.8 Å². The Morgan fingerprint density at radius 1 is 0.905 bits per heavy atom. The van der Waals surface area contributed by atoms with Crippen LogP contribution in [-0.4, -0.2) is 37.7 Å². The van der Waals surface area contributed by atoms with Crippen LogP contribution in [0.15, 0.2) is 0 Å². The molecule has 21 heavy (non-hydrogen) atoms. The molecule has 0 fully saturated rings. The second-order valence-electron chi connectivity index (χ2n) is 5.01. The highest BCUT2D eigenvalue weighted by Crippen LogP contribution is 2.09. The molecule has 0 aliphatic rings. The van der Waals surface area contributed by atoms with Gasteiger partial charge in [0, 0.05) is 0 Å². The van der Waals surface area contributed by atoms with E-state index in [0.29, 0.717) is 25.9 Å². The second-order valence-corrected chi connectivity index (χ2v) is 5.01. The average Bonchev–Trinajstić information content (AvgIpc) is 2.41. The predicted octanol–water partition coefficient (Wildman–Crippen LogP) is 4.06. The molecule has 6 heteroatoms. The lowest BCUT2D eigenvalue weighted by atomic mass is 10.1. The number of ether oxygens (including phenoxy) is 4. The first-order valence-electron chi connectivity index (χ1n) is 7.66. The van der Waals surface area contributed by atoms with Crippen LogP contribution < -0.4 is 0 Å². The van der Waals surface area contributed by atoms with Gasteiger partial charge in [0.15, 0.2) is 0 Å². The molecule has 0 radical (unpaired) electrons. The normalized spacial score (nSPS) is 11.9. The molecule has 1 atom stereocenters. The standard InChI is InChI=1S/C15H28O6/c1-5-7-10-18-14(16)19-11-8-9-13(6-2)21-15(17)20-12(3)4/h12-13H,5-11H2,1-4H3. The van der Waals surface area contributed by atoms with Gasteiger partial charge in [0.1, 0.15) is 6.10 Å². The zero-order valence-corrected chi connectivity index (χ0v) is 13.6. The summed E-state index contributed by atoms with van der Waals surface area (Å²) >= 11 is 0. The molecular formula is C15H28O6. The highest BCUT2D eigenvalue weighted by molar-refractivity contribution is 5.60. The molecule has 124 valence electrons. The highest BCUT2D eigenvalue weighted by Gasteiger charge is 2.15. The lowest BCUT2D eigenvalue weighted by Gasteiger charge is -2.16. The Kier molecular flexibility index (Phi) is 11.4. The smallest absolute Gasteiger partial charge is 0.434 e. The van der Waals surface area contributed by atoms with Gasteiger partial charge < -0.3 is 18.9 Å². The van der Waals surface area contributed by atoms with Crippen LogP contribution in [0.4, 0.5) is 9.59 Å². The molecule has 0 aromatic rings. The molecule has 0 bridgehead atoms. The maximum absolute atomic E-state index is 11.4. The lowest BCUT2D eigenvalue weighted by Crippen LogP contribution is -2.21. The van der Waals surface area contributed by atoms with Gasteiger partial charge in [-0.3, -0.25) is 0 Å². The van der Waals surface area contributed by atoms with Crippen LogP contribution in [0.25, 0.3) is 0 Å². The second kappa shape index (κ2) is 12.3. The van der Waals surface area contributed by atoms with Crippen molar-refractivity contribution in [2.24, 2.45) is 0 Å². The predicted molar refractivity (Wildman–Crippen MR) is 78.2 cm³/mol. The minimum atomic E-state index is -0.656. The van der Waals surface area contributed by atoms with Gasteiger partial charge >= 0.3 is 12.3 Å². The summed E-state index contributed by atoms with van der Waals surface area (Å²) in [4.78, 5) is 22.5. The van der Waals surface area contributed by atoms with Crippen LogP contribution in [0.5, 0.6) is 0 Å². The number of unbranched alkanes of at least 4 members (excludes halogenated alkanes) is 1. The van der Waals surface area contributed by atoms with Crippen molar-refractivity contribution in [2.45, 2.75) is 72.0 Å². The van der Waals surface area contributed by atoms with E-state index in [1.807, 2.05) is 13.8 Å². The maximum Gasteiger partial charge on any atom is 0.508 e. The Labute approximate surface area is 127 Å². The SMILES string of the molecule is CCCCOC(=O)OCCCC(CC)OC(=O)OC(C)C. The fraction of sp³-hybridized carbons (Fsp3) is 0.867. The summed E-state index contributed by atoms with van der Waals surface area (Å²) in [5.41, 5.74) is 0. The van der Waals surface area contributed by atoms with Crippen molar-refractivity contribution < 1.29 is 28.5 Å². The molecule has 0 aromatic heterocycles. The largest absolute Gasteiger partial charge is 0.508 e. The van der Waals surface area contributed by atoms with Crippen LogP contribution >= 0.6 is 0 Å². The third-order valence-corrected chi connectivity index (χ3v) is 2.66. The number of rotatable bonds is 10. The third kappa shape index (κ3) is 12.0. The molecule has 0 heterocycles. The monoisotopic (exact) mass is 304 g/mol. The summed E-state index contributed by atoms with van der Waals surface area (Å²) in [6.07, 6.45) is 1.99. The van der Waals surface area contributed by atoms with Crippen molar-refractivity contribution in [3.8, 4) is 0 Å². The van der Waals surface area contributed by atoms with Gasteiger partial charge in [-0.15, -0.1) is 0 Å². The Morgan fingerprint density at radius 3 is 2.05 bits per heavy atom. The van der Waals surface area contributed by atoms with Gasteiger partial charge in [0.05, 0.1) is 19.3 Å². The Hall–Kier alpha value is -1.46. The van der Waals surface area contributed by atoms with E-state index >= 15 is 0 Å². The van der Waals surface area contributed by atoms with E-state index in [0.717, 1.165) is 12.8 Å². The number of hydrogen-bond acceptors (Lipinski definition) is 6. The first kappa shape index (κ1) is 19.5. The minimum absolute atomic E-state index is 0.198. The van der Waals surface area contributed by atoms with Gasteiger partial charge in [0.2, 0.25) is 0 Å². The van der Waals surface area contributed by atoms with Gasteiger partial charge in [0.25, 0.3) is 0 Å². The Morgan fingerprint density at radius 2 is 1.52 bits per heavy atom. The number of hydrogen-bond donors (Lipinski definition) is 0. The quantitative estimate of drug-likeness (QED) is 0.447. The van der Waals surface area contributed by atoms with E-state index in [-0.39, 0.29) is 18.8 Å². The molecular weight excluding hydrogens is 276 g/mol. The average molecular weight is 304 g/mol. The molecule has 0 saturated carbocycles. The van der Waals surface area contributed by atoms with Gasteiger partial charge in [-0.2, -0.15) is 0 Å². The zero-order valence-electron chi connectivity index (χ0n) is 13.6. The molecule has 0 spiro atoms. The van der Waals surface area contributed by atoms with E-state index in [2.05, 4.69) is 0 Å². The van der Waals surface area contributed by atoms with Crippen LogP contribution in [0, 0.1) is 0 Å². The van der Waals surface area contributed by atoms with E-state index in [9.17, 15) is 9.59 Å². The third-order valence-electron chi connectivity index (χ3n) is 2.66. The van der Waals surface area contributed by atoms with Crippen molar-refractivity contribution in [1.29, 1.82) is 0 Å². The molecule has 0 rings (SSSR count). The van der Waals surface area contributed by atoms with Crippen LogP contribution in [0.2, 0.25) is 0 Å². The lowest BCUT2D eigenvalue weighted by molar-refractivity contribution is 0.0000846. The Balaban J connectivity index is 3.72. The number of carbonyl (C=O) groups excluding carboxylic acids is 2. The fourth-order valence-corrected chi connectivity index (χ4v) is 1.51. The summed E-state index contributed by atoms with van der Waals surface area (Å²) in [6.45, 7) is 8.11. The molecule has 0 aromatic carbocycles. The summed E-state index contributed by atoms with van der Waals surface area (Å²) in [5.74, 6) is 0. The topological polar surface area (TPSA) is 71.1 Å². The zero-order chi connectivity index (χ0) is 16.1. The van der Waals surface area contributed by atoms with Crippen molar-refractivity contribution >= 4 is 12.3 Å². The minimum Gasteiger partial charge on any atom is -0.434 e. The first-order valence-corrected chi connectivity index (χ1v) is 7.66. The molecule has 6 nitrogen and oxygen atoms in total. The highest BCUT2D eigenvalue weighted by atomic mass is 16.7. The number of carbonyl (C=O) groups is 2. The van der Waals surface area contributed by atoms with Crippen molar-refractivity contribution in [2.75, 3.05) is 13.2 Å². The van der Waals surface area contributed by atoms with Crippen LogP contribution in [-0.2, 0) is 18.9 Å². The fourth-order valence-electron chi connectivity index (χ4n) is 1.51. The molecule has 0 aliphatic heterocycles. The first-order chi connectivity index (χ1) is 9.99. The molecule has 0 amide bonds. The van der Waals surface area contributed by atoms with Gasteiger partial charge in [-0.1, -0.05) is 20.3 Å². The summed E-state index contributed by atoms with van der Waals surface area (Å²) in [7, 11) is 0. The van der Waals surface area contributed by atoms with E-state index in [1.165, 1.54) is 0 Å². The van der Waals surface area contributed by atoms with E-state index in [4.69, 9.17) is 18.9 Å². The summed E-state index contributed by atoms with van der Waals surface area (Å²) in [5, 5.41) is 0.